The van der Waals surface area contributed by atoms with E-state index in [0.717, 1.165) is 17.7 Å². The maximum absolute atomic E-state index is 11.8. The number of Topliss-reactive ketones (excluding diaryl/α,β-unsaturated/α-hetero) is 1. The molecular formula is C23H28O5. The monoisotopic (exact) mass is 384 g/mol. The molecule has 0 heterocycles. The molecule has 0 atom stereocenters. The summed E-state index contributed by atoms with van der Waals surface area (Å²) in [6, 6.07) is 16.5. The van der Waals surface area contributed by atoms with Gasteiger partial charge < -0.3 is 14.2 Å². The smallest absolute Gasteiger partial charge is 0.375 e. The van der Waals surface area contributed by atoms with Crippen LogP contribution in [0.15, 0.2) is 54.6 Å². The zero-order chi connectivity index (χ0) is 20.0. The molecular weight excluding hydrogens is 356 g/mol. The first-order valence-electron chi connectivity index (χ1n) is 9.78. The molecule has 0 aliphatic heterocycles. The normalized spacial score (nSPS) is 10.3. The summed E-state index contributed by atoms with van der Waals surface area (Å²) in [6.45, 7) is 3.10. The molecule has 2 rings (SSSR count). The van der Waals surface area contributed by atoms with Gasteiger partial charge in [0.25, 0.3) is 0 Å². The zero-order valence-electron chi connectivity index (χ0n) is 16.4. The van der Waals surface area contributed by atoms with Crippen LogP contribution in [-0.2, 0) is 20.9 Å². The Morgan fingerprint density at radius 2 is 1.43 bits per heavy atom. The van der Waals surface area contributed by atoms with Crippen LogP contribution in [0.25, 0.3) is 0 Å². The minimum absolute atomic E-state index is 0.0245. The summed E-state index contributed by atoms with van der Waals surface area (Å²) in [7, 11) is 0. The first kappa shape index (κ1) is 21.5. The van der Waals surface area contributed by atoms with Crippen molar-refractivity contribution in [2.75, 3.05) is 13.2 Å². The molecule has 0 saturated carbocycles. The van der Waals surface area contributed by atoms with Gasteiger partial charge in [0.15, 0.2) is 0 Å². The van der Waals surface area contributed by atoms with Crippen molar-refractivity contribution >= 4 is 11.8 Å². The number of ketones is 1. The maximum atomic E-state index is 11.8. The van der Waals surface area contributed by atoms with E-state index in [1.807, 2.05) is 42.5 Å². The summed E-state index contributed by atoms with van der Waals surface area (Å²) in [5.74, 6) is -0.00422. The molecule has 0 fully saturated rings. The maximum Gasteiger partial charge on any atom is 0.375 e. The van der Waals surface area contributed by atoms with Gasteiger partial charge in [0.05, 0.1) is 19.6 Å². The zero-order valence-corrected chi connectivity index (χ0v) is 16.4. The van der Waals surface area contributed by atoms with E-state index in [9.17, 15) is 9.59 Å². The third-order valence-electron chi connectivity index (χ3n) is 4.13. The summed E-state index contributed by atoms with van der Waals surface area (Å²) in [4.78, 5) is 23.6. The summed E-state index contributed by atoms with van der Waals surface area (Å²) < 4.78 is 16.2. The van der Waals surface area contributed by atoms with Gasteiger partial charge in [-0.25, -0.2) is 4.79 Å². The van der Waals surface area contributed by atoms with Crippen LogP contribution in [0, 0.1) is 0 Å². The third-order valence-corrected chi connectivity index (χ3v) is 4.13. The average molecular weight is 384 g/mol. The van der Waals surface area contributed by atoms with Gasteiger partial charge >= 0.3 is 5.97 Å². The number of carbonyl (C=O) groups excluding carboxylic acids is 2. The molecule has 0 amide bonds. The van der Waals surface area contributed by atoms with E-state index < -0.39 is 11.8 Å². The third kappa shape index (κ3) is 8.25. The van der Waals surface area contributed by atoms with E-state index in [1.165, 1.54) is 19.3 Å². The molecule has 0 N–H and O–H groups in total. The topological polar surface area (TPSA) is 61.8 Å². The van der Waals surface area contributed by atoms with Crippen molar-refractivity contribution in [2.24, 2.45) is 0 Å². The summed E-state index contributed by atoms with van der Waals surface area (Å²) in [6.07, 6.45) is 4.64. The number of rotatable bonds is 13. The predicted octanol–water partition coefficient (Wildman–Crippen LogP) is 4.73. The Morgan fingerprint density at radius 1 is 0.786 bits per heavy atom. The van der Waals surface area contributed by atoms with Gasteiger partial charge in [-0.05, 0) is 36.2 Å². The van der Waals surface area contributed by atoms with E-state index in [-0.39, 0.29) is 19.6 Å². The van der Waals surface area contributed by atoms with Gasteiger partial charge in [0.1, 0.15) is 18.1 Å². The molecule has 0 aromatic heterocycles. The van der Waals surface area contributed by atoms with Crippen molar-refractivity contribution in [1.82, 2.24) is 0 Å². The Labute approximate surface area is 166 Å². The van der Waals surface area contributed by atoms with Crippen LogP contribution in [0.5, 0.6) is 11.5 Å². The highest BCUT2D eigenvalue weighted by molar-refractivity contribution is 6.33. The summed E-state index contributed by atoms with van der Waals surface area (Å²) in [5, 5.41) is 0. The Kier molecular flexibility index (Phi) is 9.62. The van der Waals surface area contributed by atoms with Crippen LogP contribution < -0.4 is 9.47 Å². The van der Waals surface area contributed by atoms with Crippen LogP contribution in [0.2, 0.25) is 0 Å². The largest absolute Gasteiger partial charge is 0.494 e. The fourth-order valence-electron chi connectivity index (χ4n) is 2.52. The number of hydrogen-bond acceptors (Lipinski definition) is 5. The van der Waals surface area contributed by atoms with Crippen LogP contribution >= 0.6 is 0 Å². The minimum Gasteiger partial charge on any atom is -0.494 e. The van der Waals surface area contributed by atoms with Crippen molar-refractivity contribution in [1.29, 1.82) is 0 Å². The highest BCUT2D eigenvalue weighted by Crippen LogP contribution is 2.18. The van der Waals surface area contributed by atoms with Gasteiger partial charge in [-0.15, -0.1) is 0 Å². The molecule has 0 aliphatic rings. The van der Waals surface area contributed by atoms with Crippen LogP contribution in [0.4, 0.5) is 0 Å². The van der Waals surface area contributed by atoms with Crippen LogP contribution in [0.3, 0.4) is 0 Å². The minimum atomic E-state index is -0.834. The van der Waals surface area contributed by atoms with Crippen molar-refractivity contribution in [3.63, 3.8) is 0 Å². The first-order chi connectivity index (χ1) is 13.7. The second-order valence-corrected chi connectivity index (χ2v) is 6.46. The first-order valence-corrected chi connectivity index (χ1v) is 9.78. The Hall–Kier alpha value is -2.82. The molecule has 2 aromatic rings. The van der Waals surface area contributed by atoms with E-state index in [2.05, 4.69) is 6.92 Å². The van der Waals surface area contributed by atoms with Gasteiger partial charge in [-0.3, -0.25) is 4.79 Å². The van der Waals surface area contributed by atoms with Crippen molar-refractivity contribution < 1.29 is 23.8 Å². The van der Waals surface area contributed by atoms with Crippen molar-refractivity contribution in [3.8, 4) is 11.5 Å². The highest BCUT2D eigenvalue weighted by atomic mass is 16.5. The van der Waals surface area contributed by atoms with Crippen molar-refractivity contribution in [3.05, 3.63) is 60.2 Å². The van der Waals surface area contributed by atoms with Gasteiger partial charge in [0, 0.05) is 0 Å². The lowest BCUT2D eigenvalue weighted by Gasteiger charge is -2.08. The molecule has 150 valence electrons. The molecule has 2 aromatic carbocycles. The summed E-state index contributed by atoms with van der Waals surface area (Å²) >= 11 is 0. The number of benzene rings is 2. The van der Waals surface area contributed by atoms with Crippen molar-refractivity contribution in [2.45, 2.75) is 45.6 Å². The molecule has 0 saturated heterocycles. The fraction of sp³-hybridized carbons (Fsp3) is 0.391. The van der Waals surface area contributed by atoms with E-state index in [4.69, 9.17) is 14.2 Å². The fourth-order valence-corrected chi connectivity index (χ4v) is 2.52. The Bertz CT molecular complexity index is 710. The standard InChI is InChI=1S/C23H28O5/c1-2-3-4-8-16-26-20-11-13-21(14-12-20)27-17-15-22(24)23(25)28-18-19-9-6-5-7-10-19/h5-7,9-14H,2-4,8,15-18H2,1H3. The van der Waals surface area contributed by atoms with Crippen LogP contribution in [-0.4, -0.2) is 25.0 Å². The SMILES string of the molecule is CCCCCCOc1ccc(OCCC(=O)C(=O)OCc2ccccc2)cc1. The molecule has 0 unspecified atom stereocenters. The quantitative estimate of drug-likeness (QED) is 0.284. The van der Waals surface area contributed by atoms with Gasteiger partial charge in [-0.2, -0.15) is 0 Å². The molecule has 28 heavy (non-hydrogen) atoms. The number of carbonyl (C=O) groups is 2. The predicted molar refractivity (Wildman–Crippen MR) is 107 cm³/mol. The second kappa shape index (κ2) is 12.5. The summed E-state index contributed by atoms with van der Waals surface area (Å²) in [5.41, 5.74) is 0.840. The lowest BCUT2D eigenvalue weighted by atomic mass is 10.2. The van der Waals surface area contributed by atoms with Crippen LogP contribution in [0.1, 0.15) is 44.6 Å². The highest BCUT2D eigenvalue weighted by Gasteiger charge is 2.15. The van der Waals surface area contributed by atoms with Gasteiger partial charge in [-0.1, -0.05) is 56.5 Å². The molecule has 0 aliphatic carbocycles. The second-order valence-electron chi connectivity index (χ2n) is 6.46. The Balaban J connectivity index is 1.62. The number of esters is 1. The number of ether oxygens (including phenoxy) is 3. The van der Waals surface area contributed by atoms with E-state index in [1.54, 1.807) is 12.1 Å². The number of unbranched alkanes of at least 4 members (excludes halogenated alkanes) is 3. The van der Waals surface area contributed by atoms with Gasteiger partial charge in [0.2, 0.25) is 5.78 Å². The van der Waals surface area contributed by atoms with E-state index >= 15 is 0 Å². The molecule has 5 nitrogen and oxygen atoms in total. The number of hydrogen-bond donors (Lipinski definition) is 0. The molecule has 0 spiro atoms. The Morgan fingerprint density at radius 3 is 2.07 bits per heavy atom. The average Bonchev–Trinajstić information content (AvgIpc) is 2.73. The lowest BCUT2D eigenvalue weighted by molar-refractivity contribution is -0.155. The lowest BCUT2D eigenvalue weighted by Crippen LogP contribution is -2.19. The molecule has 0 radical (unpaired) electrons. The molecule has 0 bridgehead atoms. The molecule has 5 heteroatoms. The van der Waals surface area contributed by atoms with E-state index in [0.29, 0.717) is 12.4 Å².